The average molecular weight is 557 g/mol. The molecule has 1 saturated heterocycles. The Bertz CT molecular complexity index is 1470. The first-order valence-corrected chi connectivity index (χ1v) is 14.5. The molecule has 8 nitrogen and oxygen atoms in total. The van der Waals surface area contributed by atoms with Crippen LogP contribution in [0.1, 0.15) is 40.4 Å². The van der Waals surface area contributed by atoms with Crippen molar-refractivity contribution < 1.29 is 19.1 Å². The molecule has 40 heavy (non-hydrogen) atoms. The summed E-state index contributed by atoms with van der Waals surface area (Å²) in [7, 11) is 0. The van der Waals surface area contributed by atoms with Crippen LogP contribution in [0.5, 0.6) is 5.75 Å². The maximum Gasteiger partial charge on any atom is 0.254 e. The fourth-order valence-electron chi connectivity index (χ4n) is 5.60. The van der Waals surface area contributed by atoms with Crippen LogP contribution in [-0.2, 0) is 9.53 Å². The summed E-state index contributed by atoms with van der Waals surface area (Å²) >= 11 is 1.45. The zero-order valence-corrected chi connectivity index (χ0v) is 23.2. The molecule has 0 radical (unpaired) electrons. The van der Waals surface area contributed by atoms with Crippen molar-refractivity contribution in [1.29, 1.82) is 0 Å². The second-order valence-corrected chi connectivity index (χ2v) is 11.0. The first-order chi connectivity index (χ1) is 19.6. The van der Waals surface area contributed by atoms with Gasteiger partial charge < -0.3 is 19.7 Å². The van der Waals surface area contributed by atoms with Crippen molar-refractivity contribution in [1.82, 2.24) is 14.8 Å². The number of benzene rings is 3. The van der Waals surface area contributed by atoms with Gasteiger partial charge in [0.15, 0.2) is 5.13 Å². The second kappa shape index (κ2) is 11.8. The van der Waals surface area contributed by atoms with Crippen LogP contribution >= 0.6 is 11.3 Å². The van der Waals surface area contributed by atoms with Gasteiger partial charge in [-0.05, 0) is 48.4 Å². The molecule has 0 unspecified atom stereocenters. The molecule has 3 aromatic carbocycles. The minimum atomic E-state index is -0.622. The topological polar surface area (TPSA) is 84.0 Å². The molecule has 0 saturated carbocycles. The SMILES string of the molecule is CCOc1ccc([C@@H]2[C@@H](C(=O)Nc3nc4ccccc4s3)c3ccccc3C(=O)N2CCN2CCOCC2)cc1. The summed E-state index contributed by atoms with van der Waals surface area (Å²) in [4.78, 5) is 37.0. The molecule has 6 rings (SSSR count). The van der Waals surface area contributed by atoms with Gasteiger partial charge >= 0.3 is 0 Å². The summed E-state index contributed by atoms with van der Waals surface area (Å²) in [6, 6.07) is 22.6. The van der Waals surface area contributed by atoms with E-state index in [0.717, 1.165) is 40.2 Å². The zero-order chi connectivity index (χ0) is 27.5. The number of aromatic nitrogens is 1. The van der Waals surface area contributed by atoms with E-state index in [9.17, 15) is 9.59 Å². The Balaban J connectivity index is 1.39. The molecule has 0 spiro atoms. The number of amides is 2. The first kappa shape index (κ1) is 26.4. The average Bonchev–Trinajstić information content (AvgIpc) is 3.40. The monoisotopic (exact) mass is 556 g/mol. The summed E-state index contributed by atoms with van der Waals surface area (Å²) in [6.07, 6.45) is 0. The van der Waals surface area contributed by atoms with E-state index in [4.69, 9.17) is 9.47 Å². The van der Waals surface area contributed by atoms with Gasteiger partial charge in [0.2, 0.25) is 5.91 Å². The molecular formula is C31H32N4O4S. The maximum absolute atomic E-state index is 14.2. The lowest BCUT2D eigenvalue weighted by atomic mass is 9.79. The number of fused-ring (bicyclic) bond motifs is 2. The Kier molecular flexibility index (Phi) is 7.77. The molecule has 2 atom stereocenters. The summed E-state index contributed by atoms with van der Waals surface area (Å²) in [5.41, 5.74) is 3.03. The van der Waals surface area contributed by atoms with Crippen LogP contribution in [0.4, 0.5) is 5.13 Å². The lowest BCUT2D eigenvalue weighted by Gasteiger charge is -2.42. The van der Waals surface area contributed by atoms with Gasteiger partial charge in [-0.2, -0.15) is 0 Å². The highest BCUT2D eigenvalue weighted by molar-refractivity contribution is 7.22. The summed E-state index contributed by atoms with van der Waals surface area (Å²) in [5.74, 6) is -0.117. The van der Waals surface area contributed by atoms with Crippen LogP contribution < -0.4 is 10.1 Å². The molecule has 1 N–H and O–H groups in total. The molecule has 1 fully saturated rings. The predicted molar refractivity (Wildman–Crippen MR) is 156 cm³/mol. The number of hydrogen-bond donors (Lipinski definition) is 1. The van der Waals surface area contributed by atoms with Crippen molar-refractivity contribution in [2.75, 3.05) is 51.3 Å². The second-order valence-electron chi connectivity index (χ2n) is 9.94. The number of rotatable bonds is 8. The lowest BCUT2D eigenvalue weighted by Crippen LogP contribution is -2.49. The van der Waals surface area contributed by atoms with Crippen LogP contribution in [0.15, 0.2) is 72.8 Å². The number of hydrogen-bond acceptors (Lipinski definition) is 7. The van der Waals surface area contributed by atoms with Crippen molar-refractivity contribution in [2.45, 2.75) is 18.9 Å². The summed E-state index contributed by atoms with van der Waals surface area (Å²) < 4.78 is 12.2. The van der Waals surface area contributed by atoms with E-state index in [1.165, 1.54) is 11.3 Å². The van der Waals surface area contributed by atoms with Crippen molar-refractivity contribution in [2.24, 2.45) is 0 Å². The van der Waals surface area contributed by atoms with Gasteiger partial charge in [0, 0.05) is 31.7 Å². The smallest absolute Gasteiger partial charge is 0.254 e. The standard InChI is InChI=1S/C31H32N4O4S/c1-2-39-22-13-11-21(12-14-22)28-27(29(36)33-31-32-25-9-5-6-10-26(25)40-31)23-7-3-4-8-24(23)30(37)35(28)16-15-34-17-19-38-20-18-34/h3-14,27-28H,2,15-20H2,1H3,(H,32,33,36)/t27-,28+/m0/s1. The Morgan fingerprint density at radius 2 is 1.77 bits per heavy atom. The number of nitrogens with zero attached hydrogens (tertiary/aromatic N) is 3. The third-order valence-corrected chi connectivity index (χ3v) is 8.49. The predicted octanol–water partition coefficient (Wildman–Crippen LogP) is 4.95. The Morgan fingerprint density at radius 3 is 2.55 bits per heavy atom. The third kappa shape index (κ3) is 5.32. The summed E-state index contributed by atoms with van der Waals surface area (Å²) in [6.45, 7) is 6.74. The molecule has 206 valence electrons. The molecule has 1 aromatic heterocycles. The number of carbonyl (C=O) groups is 2. The van der Waals surface area contributed by atoms with Gasteiger partial charge in [0.25, 0.3) is 5.91 Å². The largest absolute Gasteiger partial charge is 0.494 e. The highest BCUT2D eigenvalue weighted by Crippen LogP contribution is 2.44. The highest BCUT2D eigenvalue weighted by atomic mass is 32.1. The molecule has 3 heterocycles. The van der Waals surface area contributed by atoms with Gasteiger partial charge in [-0.15, -0.1) is 0 Å². The number of ether oxygens (including phenoxy) is 2. The van der Waals surface area contributed by atoms with E-state index >= 15 is 0 Å². The molecule has 9 heteroatoms. The number of anilines is 1. The fourth-order valence-corrected chi connectivity index (χ4v) is 6.47. The van der Waals surface area contributed by atoms with E-state index in [0.29, 0.717) is 43.6 Å². The maximum atomic E-state index is 14.2. The van der Waals surface area contributed by atoms with Crippen molar-refractivity contribution in [3.05, 3.63) is 89.5 Å². The lowest BCUT2D eigenvalue weighted by molar-refractivity contribution is -0.119. The molecule has 2 amide bonds. The number of para-hydroxylation sites is 1. The van der Waals surface area contributed by atoms with Crippen LogP contribution in [0.25, 0.3) is 10.2 Å². The van der Waals surface area contributed by atoms with Crippen LogP contribution in [0.3, 0.4) is 0 Å². The van der Waals surface area contributed by atoms with Gasteiger partial charge in [0.05, 0.1) is 42.0 Å². The van der Waals surface area contributed by atoms with E-state index < -0.39 is 12.0 Å². The van der Waals surface area contributed by atoms with Crippen LogP contribution in [0, 0.1) is 0 Å². The van der Waals surface area contributed by atoms with E-state index in [1.807, 2.05) is 84.6 Å². The molecule has 0 bridgehead atoms. The third-order valence-electron chi connectivity index (χ3n) is 7.54. The molecular weight excluding hydrogens is 524 g/mol. The minimum absolute atomic E-state index is 0.0632. The van der Waals surface area contributed by atoms with Gasteiger partial charge in [-0.3, -0.25) is 14.5 Å². The van der Waals surface area contributed by atoms with Crippen LogP contribution in [0.2, 0.25) is 0 Å². The molecule has 2 aliphatic heterocycles. The number of carbonyl (C=O) groups excluding carboxylic acids is 2. The van der Waals surface area contributed by atoms with Gasteiger partial charge in [-0.1, -0.05) is 53.8 Å². The zero-order valence-electron chi connectivity index (χ0n) is 22.4. The van der Waals surface area contributed by atoms with Crippen molar-refractivity contribution in [3.8, 4) is 5.75 Å². The van der Waals surface area contributed by atoms with E-state index in [1.54, 1.807) is 0 Å². The summed E-state index contributed by atoms with van der Waals surface area (Å²) in [5, 5.41) is 3.64. The van der Waals surface area contributed by atoms with E-state index in [-0.39, 0.29) is 11.8 Å². The van der Waals surface area contributed by atoms with Crippen molar-refractivity contribution in [3.63, 3.8) is 0 Å². The Morgan fingerprint density at radius 1 is 1.02 bits per heavy atom. The quantitative estimate of drug-likeness (QED) is 0.331. The van der Waals surface area contributed by atoms with Gasteiger partial charge in [-0.25, -0.2) is 4.98 Å². The van der Waals surface area contributed by atoms with Crippen LogP contribution in [-0.4, -0.2) is 72.6 Å². The van der Waals surface area contributed by atoms with Gasteiger partial charge in [0.1, 0.15) is 5.75 Å². The van der Waals surface area contributed by atoms with E-state index in [2.05, 4.69) is 15.2 Å². The number of morpholine rings is 1. The number of nitrogens with one attached hydrogen (secondary N) is 1. The van der Waals surface area contributed by atoms with Crippen molar-refractivity contribution >= 4 is 38.5 Å². The normalized spacial score (nSPS) is 19.4. The highest BCUT2D eigenvalue weighted by Gasteiger charge is 2.44. The molecule has 4 aromatic rings. The minimum Gasteiger partial charge on any atom is -0.494 e. The Hall–Kier alpha value is -3.79. The molecule has 0 aliphatic carbocycles. The molecule has 2 aliphatic rings. The Labute approximate surface area is 237 Å². The first-order valence-electron chi connectivity index (χ1n) is 13.7. The number of thiazole rings is 1. The fraction of sp³-hybridized carbons (Fsp3) is 0.323.